The van der Waals surface area contributed by atoms with Gasteiger partial charge in [-0.2, -0.15) is 0 Å². The Morgan fingerprint density at radius 2 is 1.67 bits per heavy atom. The molecule has 1 nitrogen and oxygen atoms in total. The zero-order valence-electron chi connectivity index (χ0n) is 14.6. The number of allylic oxidation sites excluding steroid dienone is 1. The van der Waals surface area contributed by atoms with E-state index in [1.54, 1.807) is 0 Å². The van der Waals surface area contributed by atoms with Gasteiger partial charge in [-0.1, -0.05) is 48.9 Å². The Labute approximate surface area is 144 Å². The standard InChI is InChI=1S/C22H26FN/c1-17(14-16-24-15-4-3-5-18(24)2)19-6-8-20(9-7-19)21-10-12-22(23)13-11-21/h6-14,18H,3-5,15-16H2,1-2H3/b17-14-. The lowest BCUT2D eigenvalue weighted by Gasteiger charge is -2.32. The summed E-state index contributed by atoms with van der Waals surface area (Å²) >= 11 is 0. The van der Waals surface area contributed by atoms with Gasteiger partial charge in [-0.05, 0) is 67.6 Å². The quantitative estimate of drug-likeness (QED) is 0.690. The second kappa shape index (κ2) is 7.76. The molecule has 3 rings (SSSR count). The second-order valence-electron chi connectivity index (χ2n) is 6.81. The van der Waals surface area contributed by atoms with Crippen LogP contribution < -0.4 is 0 Å². The summed E-state index contributed by atoms with van der Waals surface area (Å²) in [5.74, 6) is -0.193. The van der Waals surface area contributed by atoms with E-state index in [2.05, 4.69) is 49.1 Å². The number of halogens is 1. The second-order valence-corrected chi connectivity index (χ2v) is 6.81. The highest BCUT2D eigenvalue weighted by molar-refractivity contribution is 5.69. The fraction of sp³-hybridized carbons (Fsp3) is 0.364. The highest BCUT2D eigenvalue weighted by Gasteiger charge is 2.16. The summed E-state index contributed by atoms with van der Waals surface area (Å²) < 4.78 is 13.0. The molecule has 2 aromatic carbocycles. The van der Waals surface area contributed by atoms with Gasteiger partial charge in [0.25, 0.3) is 0 Å². The molecule has 0 bridgehead atoms. The molecule has 1 saturated heterocycles. The van der Waals surface area contributed by atoms with E-state index < -0.39 is 0 Å². The fourth-order valence-electron chi connectivity index (χ4n) is 3.37. The van der Waals surface area contributed by atoms with Gasteiger partial charge in [-0.15, -0.1) is 0 Å². The van der Waals surface area contributed by atoms with Gasteiger partial charge in [-0.3, -0.25) is 4.90 Å². The Balaban J connectivity index is 1.68. The molecule has 0 amide bonds. The van der Waals surface area contributed by atoms with Crippen molar-refractivity contribution in [3.05, 3.63) is 66.0 Å². The Kier molecular flexibility index (Phi) is 5.47. The topological polar surface area (TPSA) is 3.24 Å². The molecule has 0 spiro atoms. The van der Waals surface area contributed by atoms with Gasteiger partial charge >= 0.3 is 0 Å². The monoisotopic (exact) mass is 323 g/mol. The maximum Gasteiger partial charge on any atom is 0.123 e. The SMILES string of the molecule is C/C(=C/CN1CCCCC1C)c1ccc(-c2ccc(F)cc2)cc1. The summed E-state index contributed by atoms with van der Waals surface area (Å²) in [6, 6.07) is 15.9. The van der Waals surface area contributed by atoms with Crippen LogP contribution in [0.5, 0.6) is 0 Å². The number of hydrogen-bond donors (Lipinski definition) is 0. The number of benzene rings is 2. The van der Waals surface area contributed by atoms with Crippen LogP contribution in [0.1, 0.15) is 38.7 Å². The number of rotatable bonds is 4. The predicted molar refractivity (Wildman–Crippen MR) is 100 cm³/mol. The predicted octanol–water partition coefficient (Wildman–Crippen LogP) is 5.77. The lowest BCUT2D eigenvalue weighted by atomic mass is 10.00. The Hall–Kier alpha value is -1.93. The normalized spacial score (nSPS) is 19.5. The molecule has 24 heavy (non-hydrogen) atoms. The van der Waals surface area contributed by atoms with Crippen LogP contribution in [-0.4, -0.2) is 24.0 Å². The average Bonchev–Trinajstić information content (AvgIpc) is 2.62. The van der Waals surface area contributed by atoms with Gasteiger partial charge in [0.1, 0.15) is 5.82 Å². The Morgan fingerprint density at radius 3 is 2.29 bits per heavy atom. The van der Waals surface area contributed by atoms with Gasteiger partial charge in [0.2, 0.25) is 0 Å². The molecular weight excluding hydrogens is 297 g/mol. The fourth-order valence-corrected chi connectivity index (χ4v) is 3.37. The summed E-state index contributed by atoms with van der Waals surface area (Å²) in [4.78, 5) is 2.57. The average molecular weight is 323 g/mol. The Morgan fingerprint density at radius 1 is 1.04 bits per heavy atom. The van der Waals surface area contributed by atoms with Crippen molar-refractivity contribution in [2.24, 2.45) is 0 Å². The molecule has 1 aliphatic rings. The van der Waals surface area contributed by atoms with Crippen LogP contribution in [-0.2, 0) is 0 Å². The molecule has 1 aliphatic heterocycles. The van der Waals surface area contributed by atoms with Crippen LogP contribution in [0.2, 0.25) is 0 Å². The van der Waals surface area contributed by atoms with Crippen LogP contribution in [0.15, 0.2) is 54.6 Å². The zero-order chi connectivity index (χ0) is 16.9. The molecule has 126 valence electrons. The third-order valence-electron chi connectivity index (χ3n) is 5.09. The molecule has 1 unspecified atom stereocenters. The number of piperidine rings is 1. The molecule has 2 heteroatoms. The third-order valence-corrected chi connectivity index (χ3v) is 5.09. The van der Waals surface area contributed by atoms with E-state index >= 15 is 0 Å². The van der Waals surface area contributed by atoms with E-state index in [-0.39, 0.29) is 5.82 Å². The lowest BCUT2D eigenvalue weighted by Crippen LogP contribution is -2.37. The molecule has 0 N–H and O–H groups in total. The highest BCUT2D eigenvalue weighted by atomic mass is 19.1. The molecule has 1 atom stereocenters. The van der Waals surface area contributed by atoms with E-state index in [1.807, 2.05) is 12.1 Å². The molecule has 2 aromatic rings. The largest absolute Gasteiger partial charge is 0.297 e. The van der Waals surface area contributed by atoms with Crippen LogP contribution in [0.3, 0.4) is 0 Å². The van der Waals surface area contributed by atoms with Gasteiger partial charge in [0.15, 0.2) is 0 Å². The Bertz CT molecular complexity index is 685. The summed E-state index contributed by atoms with van der Waals surface area (Å²) in [6.07, 6.45) is 6.35. The van der Waals surface area contributed by atoms with Crippen LogP contribution in [0.4, 0.5) is 4.39 Å². The van der Waals surface area contributed by atoms with Crippen LogP contribution in [0.25, 0.3) is 16.7 Å². The van der Waals surface area contributed by atoms with Gasteiger partial charge in [0, 0.05) is 12.6 Å². The molecule has 1 heterocycles. The maximum atomic E-state index is 13.0. The molecule has 0 saturated carbocycles. The van der Waals surface area contributed by atoms with Gasteiger partial charge in [0.05, 0.1) is 0 Å². The van der Waals surface area contributed by atoms with Crippen molar-refractivity contribution in [2.45, 2.75) is 39.2 Å². The molecule has 0 aromatic heterocycles. The molecule has 0 radical (unpaired) electrons. The minimum Gasteiger partial charge on any atom is -0.297 e. The highest BCUT2D eigenvalue weighted by Crippen LogP contribution is 2.23. The van der Waals surface area contributed by atoms with Crippen molar-refractivity contribution in [3.8, 4) is 11.1 Å². The lowest BCUT2D eigenvalue weighted by molar-refractivity contribution is 0.179. The number of nitrogens with zero attached hydrogens (tertiary/aromatic N) is 1. The maximum absolute atomic E-state index is 13.0. The molecular formula is C22H26FN. The van der Waals surface area contributed by atoms with E-state index in [1.165, 1.54) is 49.1 Å². The smallest absolute Gasteiger partial charge is 0.123 e. The number of likely N-dealkylation sites (tertiary alicyclic amines) is 1. The van der Waals surface area contributed by atoms with E-state index in [9.17, 15) is 4.39 Å². The van der Waals surface area contributed by atoms with Crippen LogP contribution >= 0.6 is 0 Å². The van der Waals surface area contributed by atoms with Crippen molar-refractivity contribution in [3.63, 3.8) is 0 Å². The van der Waals surface area contributed by atoms with Crippen molar-refractivity contribution in [1.82, 2.24) is 4.90 Å². The molecule has 1 fully saturated rings. The van der Waals surface area contributed by atoms with Crippen molar-refractivity contribution >= 4 is 5.57 Å². The van der Waals surface area contributed by atoms with E-state index in [0.717, 1.165) is 17.7 Å². The first-order valence-electron chi connectivity index (χ1n) is 8.90. The first kappa shape index (κ1) is 16.9. The first-order valence-corrected chi connectivity index (χ1v) is 8.90. The van der Waals surface area contributed by atoms with E-state index in [0.29, 0.717) is 6.04 Å². The molecule has 0 aliphatic carbocycles. The first-order chi connectivity index (χ1) is 11.6. The van der Waals surface area contributed by atoms with Crippen LogP contribution in [0, 0.1) is 5.82 Å². The van der Waals surface area contributed by atoms with Gasteiger partial charge in [-0.25, -0.2) is 4.39 Å². The minimum absolute atomic E-state index is 0.193. The summed E-state index contributed by atoms with van der Waals surface area (Å²) in [7, 11) is 0. The van der Waals surface area contributed by atoms with Crippen molar-refractivity contribution in [1.29, 1.82) is 0 Å². The third kappa shape index (κ3) is 4.12. The van der Waals surface area contributed by atoms with Gasteiger partial charge < -0.3 is 0 Å². The summed E-state index contributed by atoms with van der Waals surface area (Å²) in [5, 5.41) is 0. The zero-order valence-corrected chi connectivity index (χ0v) is 14.6. The van der Waals surface area contributed by atoms with Crippen molar-refractivity contribution in [2.75, 3.05) is 13.1 Å². The number of hydrogen-bond acceptors (Lipinski definition) is 1. The minimum atomic E-state index is -0.193. The summed E-state index contributed by atoms with van der Waals surface area (Å²) in [5.41, 5.74) is 4.74. The summed E-state index contributed by atoms with van der Waals surface area (Å²) in [6.45, 7) is 6.77. The van der Waals surface area contributed by atoms with Crippen molar-refractivity contribution < 1.29 is 4.39 Å². The van der Waals surface area contributed by atoms with E-state index in [4.69, 9.17) is 0 Å².